The van der Waals surface area contributed by atoms with Gasteiger partial charge in [0, 0.05) is 0 Å². The second-order valence-electron chi connectivity index (χ2n) is 7.13. The summed E-state index contributed by atoms with van der Waals surface area (Å²) < 4.78 is 0. The molecular formula is C16H34. The van der Waals surface area contributed by atoms with Gasteiger partial charge in [0.15, 0.2) is 0 Å². The average Bonchev–Trinajstić information content (AvgIpc) is 2.16. The third-order valence-electron chi connectivity index (χ3n) is 4.68. The Kier molecular flexibility index (Phi) is 6.67. The van der Waals surface area contributed by atoms with Gasteiger partial charge in [0.25, 0.3) is 0 Å². The van der Waals surface area contributed by atoms with E-state index in [1.807, 2.05) is 0 Å². The fraction of sp³-hybridized carbons (Fsp3) is 1.00. The van der Waals surface area contributed by atoms with Crippen LogP contribution in [-0.2, 0) is 0 Å². The average molecular weight is 226 g/mol. The second-order valence-corrected chi connectivity index (χ2v) is 7.13. The van der Waals surface area contributed by atoms with Crippen LogP contribution in [0.1, 0.15) is 74.7 Å². The van der Waals surface area contributed by atoms with Crippen LogP contribution in [0.5, 0.6) is 0 Å². The highest BCUT2D eigenvalue weighted by Crippen LogP contribution is 2.34. The molecule has 0 nitrogen and oxygen atoms in total. The van der Waals surface area contributed by atoms with E-state index in [4.69, 9.17) is 0 Å². The van der Waals surface area contributed by atoms with Gasteiger partial charge in [-0.3, -0.25) is 0 Å². The predicted octanol–water partition coefficient (Wildman–Crippen LogP) is 5.77. The van der Waals surface area contributed by atoms with Gasteiger partial charge in [0.05, 0.1) is 0 Å². The topological polar surface area (TPSA) is 0 Å². The van der Waals surface area contributed by atoms with Crippen LogP contribution in [0.25, 0.3) is 0 Å². The predicted molar refractivity (Wildman–Crippen MR) is 75.6 cm³/mol. The Hall–Kier alpha value is 0. The van der Waals surface area contributed by atoms with E-state index >= 15 is 0 Å². The number of hydrogen-bond donors (Lipinski definition) is 0. The summed E-state index contributed by atoms with van der Waals surface area (Å²) in [5.74, 6) is 3.41. The molecule has 0 aromatic rings. The molecule has 0 saturated heterocycles. The summed E-state index contributed by atoms with van der Waals surface area (Å²) in [6.45, 7) is 19.1. The molecule has 0 spiro atoms. The molecule has 0 heterocycles. The van der Waals surface area contributed by atoms with Crippen LogP contribution in [0, 0.1) is 29.1 Å². The zero-order chi connectivity index (χ0) is 12.9. The Labute approximate surface area is 104 Å². The smallest absolute Gasteiger partial charge is 0.0354 e. The van der Waals surface area contributed by atoms with E-state index in [1.165, 1.54) is 19.3 Å². The summed E-state index contributed by atoms with van der Waals surface area (Å²) >= 11 is 0. The molecule has 98 valence electrons. The van der Waals surface area contributed by atoms with Crippen molar-refractivity contribution in [3.05, 3.63) is 0 Å². The van der Waals surface area contributed by atoms with E-state index in [0.29, 0.717) is 5.41 Å². The fourth-order valence-corrected chi connectivity index (χ4v) is 2.31. The molecule has 0 saturated carbocycles. The molecule has 0 radical (unpaired) electrons. The van der Waals surface area contributed by atoms with Gasteiger partial charge in [0.1, 0.15) is 0 Å². The SMILES string of the molecule is CCC(C)(C)CC(C)C(C)CC(C)C(C)C. The van der Waals surface area contributed by atoms with Gasteiger partial charge in [-0.2, -0.15) is 0 Å². The lowest BCUT2D eigenvalue weighted by molar-refractivity contribution is 0.193. The highest BCUT2D eigenvalue weighted by molar-refractivity contribution is 4.74. The third-order valence-corrected chi connectivity index (χ3v) is 4.68. The Balaban J connectivity index is 4.13. The van der Waals surface area contributed by atoms with E-state index in [-0.39, 0.29) is 0 Å². The quantitative estimate of drug-likeness (QED) is 0.517. The van der Waals surface area contributed by atoms with Gasteiger partial charge < -0.3 is 0 Å². The molecule has 0 aliphatic heterocycles. The maximum absolute atomic E-state index is 2.44. The minimum absolute atomic E-state index is 0.523. The molecule has 0 bridgehead atoms. The molecule has 16 heavy (non-hydrogen) atoms. The standard InChI is InChI=1S/C16H34/c1-9-16(7,8)11-15(6)14(5)10-13(4)12(2)3/h12-15H,9-11H2,1-8H3. The van der Waals surface area contributed by atoms with E-state index < -0.39 is 0 Å². The first-order valence-corrected chi connectivity index (χ1v) is 7.19. The maximum Gasteiger partial charge on any atom is -0.0354 e. The molecular weight excluding hydrogens is 192 g/mol. The minimum atomic E-state index is 0.523. The van der Waals surface area contributed by atoms with Gasteiger partial charge in [-0.25, -0.2) is 0 Å². The fourth-order valence-electron chi connectivity index (χ4n) is 2.31. The van der Waals surface area contributed by atoms with Crippen LogP contribution in [0.15, 0.2) is 0 Å². The summed E-state index contributed by atoms with van der Waals surface area (Å²) in [5, 5.41) is 0. The summed E-state index contributed by atoms with van der Waals surface area (Å²) in [6.07, 6.45) is 4.05. The highest BCUT2D eigenvalue weighted by Gasteiger charge is 2.24. The Morgan fingerprint density at radius 1 is 0.812 bits per heavy atom. The summed E-state index contributed by atoms with van der Waals surface area (Å²) in [4.78, 5) is 0. The zero-order valence-corrected chi connectivity index (χ0v) is 12.9. The Morgan fingerprint density at radius 3 is 1.69 bits per heavy atom. The van der Waals surface area contributed by atoms with Crippen molar-refractivity contribution >= 4 is 0 Å². The van der Waals surface area contributed by atoms with Crippen molar-refractivity contribution in [1.29, 1.82) is 0 Å². The molecule has 0 fully saturated rings. The molecule has 3 unspecified atom stereocenters. The third kappa shape index (κ3) is 5.92. The molecule has 0 heteroatoms. The lowest BCUT2D eigenvalue weighted by Crippen LogP contribution is -2.21. The van der Waals surface area contributed by atoms with Crippen molar-refractivity contribution < 1.29 is 0 Å². The van der Waals surface area contributed by atoms with Crippen molar-refractivity contribution in [2.24, 2.45) is 29.1 Å². The molecule has 0 aliphatic carbocycles. The molecule has 0 N–H and O–H groups in total. The van der Waals surface area contributed by atoms with Crippen LogP contribution in [0.2, 0.25) is 0 Å². The van der Waals surface area contributed by atoms with E-state index in [1.54, 1.807) is 0 Å². The van der Waals surface area contributed by atoms with Crippen LogP contribution >= 0.6 is 0 Å². The van der Waals surface area contributed by atoms with Crippen molar-refractivity contribution in [3.63, 3.8) is 0 Å². The minimum Gasteiger partial charge on any atom is -0.0649 e. The van der Waals surface area contributed by atoms with Crippen molar-refractivity contribution in [3.8, 4) is 0 Å². The van der Waals surface area contributed by atoms with Crippen LogP contribution in [-0.4, -0.2) is 0 Å². The molecule has 3 atom stereocenters. The first kappa shape index (κ1) is 16.0. The van der Waals surface area contributed by atoms with E-state index in [2.05, 4.69) is 55.4 Å². The van der Waals surface area contributed by atoms with Crippen molar-refractivity contribution in [2.75, 3.05) is 0 Å². The molecule has 0 amide bonds. The Morgan fingerprint density at radius 2 is 1.31 bits per heavy atom. The number of hydrogen-bond acceptors (Lipinski definition) is 0. The molecule has 0 aromatic heterocycles. The van der Waals surface area contributed by atoms with Gasteiger partial charge in [-0.1, -0.05) is 61.8 Å². The summed E-state index contributed by atoms with van der Waals surface area (Å²) in [5.41, 5.74) is 0.523. The van der Waals surface area contributed by atoms with Gasteiger partial charge in [-0.15, -0.1) is 0 Å². The van der Waals surface area contributed by atoms with Crippen LogP contribution < -0.4 is 0 Å². The molecule has 0 aromatic carbocycles. The molecule has 0 aliphatic rings. The molecule has 0 rings (SSSR count). The number of rotatable bonds is 7. The monoisotopic (exact) mass is 226 g/mol. The maximum atomic E-state index is 2.44. The van der Waals surface area contributed by atoms with Gasteiger partial charge in [0.2, 0.25) is 0 Å². The van der Waals surface area contributed by atoms with Crippen molar-refractivity contribution in [2.45, 2.75) is 74.7 Å². The highest BCUT2D eigenvalue weighted by atomic mass is 14.3. The lowest BCUT2D eigenvalue weighted by Gasteiger charge is -2.31. The zero-order valence-electron chi connectivity index (χ0n) is 12.9. The normalized spacial score (nSPS) is 18.6. The van der Waals surface area contributed by atoms with E-state index in [0.717, 1.165) is 23.7 Å². The summed E-state index contributed by atoms with van der Waals surface area (Å²) in [7, 11) is 0. The van der Waals surface area contributed by atoms with Crippen LogP contribution in [0.3, 0.4) is 0 Å². The van der Waals surface area contributed by atoms with E-state index in [9.17, 15) is 0 Å². The van der Waals surface area contributed by atoms with Gasteiger partial charge >= 0.3 is 0 Å². The van der Waals surface area contributed by atoms with Crippen LogP contribution in [0.4, 0.5) is 0 Å². The first-order valence-electron chi connectivity index (χ1n) is 7.19. The lowest BCUT2D eigenvalue weighted by atomic mass is 9.74. The first-order chi connectivity index (χ1) is 7.19. The summed E-state index contributed by atoms with van der Waals surface area (Å²) in [6, 6.07) is 0. The Bertz CT molecular complexity index is 178. The largest absolute Gasteiger partial charge is 0.0649 e. The van der Waals surface area contributed by atoms with Gasteiger partial charge in [-0.05, 0) is 41.9 Å². The van der Waals surface area contributed by atoms with Crippen molar-refractivity contribution in [1.82, 2.24) is 0 Å². The second kappa shape index (κ2) is 6.67.